The first-order chi connectivity index (χ1) is 7.24. The number of likely N-dealkylation sites (N-methyl/N-ethyl adjacent to an activating group) is 1. The van der Waals surface area contributed by atoms with Crippen LogP contribution in [0.15, 0.2) is 0 Å². The molecular formula is C12H26N2S. The van der Waals surface area contributed by atoms with E-state index in [1.165, 1.54) is 31.7 Å². The molecule has 1 N–H and O–H groups in total. The molecule has 2 nitrogen and oxygen atoms in total. The van der Waals surface area contributed by atoms with E-state index in [0.717, 1.165) is 18.0 Å². The van der Waals surface area contributed by atoms with Crippen LogP contribution in [0.1, 0.15) is 26.7 Å². The maximum absolute atomic E-state index is 3.53. The van der Waals surface area contributed by atoms with Crippen LogP contribution in [0.4, 0.5) is 0 Å². The highest BCUT2D eigenvalue weighted by Gasteiger charge is 2.31. The van der Waals surface area contributed by atoms with Gasteiger partial charge in [0.1, 0.15) is 0 Å². The molecule has 15 heavy (non-hydrogen) atoms. The number of hydrogen-bond donors (Lipinski definition) is 1. The summed E-state index contributed by atoms with van der Waals surface area (Å²) in [5.41, 5.74) is 0. The van der Waals surface area contributed by atoms with Crippen molar-refractivity contribution < 1.29 is 0 Å². The van der Waals surface area contributed by atoms with Crippen LogP contribution in [0.5, 0.6) is 0 Å². The van der Waals surface area contributed by atoms with E-state index in [9.17, 15) is 0 Å². The monoisotopic (exact) mass is 230 g/mol. The Balaban J connectivity index is 2.52. The van der Waals surface area contributed by atoms with Crippen LogP contribution in [-0.2, 0) is 0 Å². The van der Waals surface area contributed by atoms with Crippen molar-refractivity contribution in [1.29, 1.82) is 0 Å². The van der Waals surface area contributed by atoms with Gasteiger partial charge in [0.05, 0.1) is 0 Å². The van der Waals surface area contributed by atoms with E-state index < -0.39 is 0 Å². The lowest BCUT2D eigenvalue weighted by Gasteiger charge is -2.34. The molecule has 3 unspecified atom stereocenters. The zero-order valence-corrected chi connectivity index (χ0v) is 11.4. The summed E-state index contributed by atoms with van der Waals surface area (Å²) in [5, 5.41) is 3.53. The molecule has 0 aromatic carbocycles. The fourth-order valence-corrected chi connectivity index (χ4v) is 3.45. The molecule has 1 aliphatic heterocycles. The van der Waals surface area contributed by atoms with Crippen LogP contribution >= 0.6 is 11.8 Å². The topological polar surface area (TPSA) is 15.3 Å². The minimum Gasteiger partial charge on any atom is -0.315 e. The van der Waals surface area contributed by atoms with E-state index in [0.29, 0.717) is 0 Å². The van der Waals surface area contributed by atoms with Gasteiger partial charge in [-0.15, -0.1) is 0 Å². The van der Waals surface area contributed by atoms with Gasteiger partial charge in [0.25, 0.3) is 0 Å². The molecule has 0 aromatic heterocycles. The van der Waals surface area contributed by atoms with E-state index in [1.54, 1.807) is 0 Å². The molecule has 0 aromatic rings. The minimum absolute atomic E-state index is 0.749. The molecule has 90 valence electrons. The second-order valence-electron chi connectivity index (χ2n) is 4.58. The van der Waals surface area contributed by atoms with Crippen molar-refractivity contribution in [3.05, 3.63) is 0 Å². The largest absolute Gasteiger partial charge is 0.315 e. The van der Waals surface area contributed by atoms with Gasteiger partial charge in [-0.05, 0) is 32.2 Å². The molecule has 0 bridgehead atoms. The Kier molecular flexibility index (Phi) is 6.02. The summed E-state index contributed by atoms with van der Waals surface area (Å²) in [6, 6.07) is 1.51. The molecule has 3 heteroatoms. The summed E-state index contributed by atoms with van der Waals surface area (Å²) in [7, 11) is 2.31. The molecule has 1 aliphatic rings. The molecule has 1 rings (SSSR count). The number of nitrogens with one attached hydrogen (secondary N) is 1. The second kappa shape index (κ2) is 6.77. The van der Waals surface area contributed by atoms with Gasteiger partial charge in [-0.2, -0.15) is 11.8 Å². The Morgan fingerprint density at radius 1 is 1.40 bits per heavy atom. The smallest absolute Gasteiger partial charge is 0.0261 e. The van der Waals surface area contributed by atoms with Gasteiger partial charge < -0.3 is 5.32 Å². The highest BCUT2D eigenvalue weighted by molar-refractivity contribution is 7.98. The fraction of sp³-hybridized carbons (Fsp3) is 1.00. The van der Waals surface area contributed by atoms with E-state index >= 15 is 0 Å². The van der Waals surface area contributed by atoms with Crippen molar-refractivity contribution in [1.82, 2.24) is 10.2 Å². The quantitative estimate of drug-likeness (QED) is 0.752. The van der Waals surface area contributed by atoms with Gasteiger partial charge in [-0.25, -0.2) is 0 Å². The predicted octanol–water partition coefficient (Wildman–Crippen LogP) is 2.06. The Morgan fingerprint density at radius 2 is 2.13 bits per heavy atom. The Bertz CT molecular complexity index is 175. The third-order valence-electron chi connectivity index (χ3n) is 3.76. The van der Waals surface area contributed by atoms with Crippen LogP contribution in [0, 0.1) is 5.92 Å². The SMILES string of the molecule is CCC1CNCC1N(C)C(CC)CSC. The molecule has 0 radical (unpaired) electrons. The average Bonchev–Trinajstić information content (AvgIpc) is 2.72. The molecule has 0 spiro atoms. The summed E-state index contributed by atoms with van der Waals surface area (Å²) >= 11 is 1.97. The molecule has 1 heterocycles. The van der Waals surface area contributed by atoms with Gasteiger partial charge in [0, 0.05) is 24.4 Å². The van der Waals surface area contributed by atoms with Crippen molar-refractivity contribution in [2.24, 2.45) is 5.92 Å². The molecule has 0 aliphatic carbocycles. The summed E-state index contributed by atoms with van der Waals surface area (Å²) in [4.78, 5) is 2.62. The Hall–Kier alpha value is 0.270. The van der Waals surface area contributed by atoms with Crippen molar-refractivity contribution in [2.75, 3.05) is 32.1 Å². The standard InChI is InChI=1S/C12H26N2S/c1-5-10-7-13-8-12(10)14(3)11(6-2)9-15-4/h10-13H,5-9H2,1-4H3. The van der Waals surface area contributed by atoms with E-state index in [4.69, 9.17) is 0 Å². The van der Waals surface area contributed by atoms with Gasteiger partial charge in [-0.1, -0.05) is 20.3 Å². The average molecular weight is 230 g/mol. The Morgan fingerprint density at radius 3 is 2.67 bits per heavy atom. The molecule has 3 atom stereocenters. The van der Waals surface area contributed by atoms with Gasteiger partial charge in [0.2, 0.25) is 0 Å². The third-order valence-corrected chi connectivity index (χ3v) is 4.48. The van der Waals surface area contributed by atoms with Gasteiger partial charge >= 0.3 is 0 Å². The second-order valence-corrected chi connectivity index (χ2v) is 5.49. The molecule has 1 saturated heterocycles. The van der Waals surface area contributed by atoms with Crippen LogP contribution in [-0.4, -0.2) is 49.1 Å². The van der Waals surface area contributed by atoms with Crippen molar-refractivity contribution >= 4 is 11.8 Å². The third kappa shape index (κ3) is 3.36. The van der Waals surface area contributed by atoms with E-state index in [2.05, 4.69) is 37.4 Å². The maximum atomic E-state index is 3.53. The summed E-state index contributed by atoms with van der Waals surface area (Å²) < 4.78 is 0. The van der Waals surface area contributed by atoms with Crippen LogP contribution < -0.4 is 5.32 Å². The van der Waals surface area contributed by atoms with Crippen LogP contribution in [0.25, 0.3) is 0 Å². The van der Waals surface area contributed by atoms with Crippen molar-refractivity contribution in [3.63, 3.8) is 0 Å². The highest BCUT2D eigenvalue weighted by Crippen LogP contribution is 2.21. The summed E-state index contributed by atoms with van der Waals surface area (Å²) in [6.45, 7) is 7.01. The lowest BCUT2D eigenvalue weighted by atomic mass is 9.98. The number of thioether (sulfide) groups is 1. The first-order valence-electron chi connectivity index (χ1n) is 6.16. The predicted molar refractivity (Wildman–Crippen MR) is 70.7 cm³/mol. The first-order valence-corrected chi connectivity index (χ1v) is 7.55. The molecular weight excluding hydrogens is 204 g/mol. The van der Waals surface area contributed by atoms with Crippen LogP contribution in [0.2, 0.25) is 0 Å². The zero-order valence-electron chi connectivity index (χ0n) is 10.6. The van der Waals surface area contributed by atoms with Crippen molar-refractivity contribution in [3.8, 4) is 0 Å². The summed E-state index contributed by atoms with van der Waals surface area (Å²) in [5.74, 6) is 2.12. The number of hydrogen-bond acceptors (Lipinski definition) is 3. The first kappa shape index (κ1) is 13.3. The molecule has 0 saturated carbocycles. The zero-order chi connectivity index (χ0) is 11.3. The van der Waals surface area contributed by atoms with Gasteiger partial charge in [-0.3, -0.25) is 4.90 Å². The van der Waals surface area contributed by atoms with E-state index in [-0.39, 0.29) is 0 Å². The lowest BCUT2D eigenvalue weighted by Crippen LogP contribution is -2.45. The lowest BCUT2D eigenvalue weighted by molar-refractivity contribution is 0.158. The highest BCUT2D eigenvalue weighted by atomic mass is 32.2. The van der Waals surface area contributed by atoms with Crippen molar-refractivity contribution in [2.45, 2.75) is 38.8 Å². The maximum Gasteiger partial charge on any atom is 0.0261 e. The molecule has 1 fully saturated rings. The Labute approximate surface area is 99.2 Å². The minimum atomic E-state index is 0.749. The normalized spacial score (nSPS) is 28.6. The number of rotatable bonds is 6. The fourth-order valence-electron chi connectivity index (χ4n) is 2.60. The van der Waals surface area contributed by atoms with Crippen LogP contribution in [0.3, 0.4) is 0 Å². The summed E-state index contributed by atoms with van der Waals surface area (Å²) in [6.07, 6.45) is 4.78. The molecule has 0 amide bonds. The van der Waals surface area contributed by atoms with Gasteiger partial charge in [0.15, 0.2) is 0 Å². The number of nitrogens with zero attached hydrogens (tertiary/aromatic N) is 1. The van der Waals surface area contributed by atoms with E-state index in [1.807, 2.05) is 11.8 Å².